The zero-order valence-corrected chi connectivity index (χ0v) is 9.23. The third-order valence-corrected chi connectivity index (χ3v) is 3.21. The summed E-state index contributed by atoms with van der Waals surface area (Å²) in [7, 11) is -1.99. The molecule has 3 heteroatoms. The molecule has 0 N–H and O–H groups in total. The maximum Gasteiger partial charge on any atom is 0.163 e. The van der Waals surface area contributed by atoms with Gasteiger partial charge in [-0.05, 0) is 15.4 Å². The fourth-order valence-electron chi connectivity index (χ4n) is 1.86. The quantitative estimate of drug-likeness (QED) is 0.650. The summed E-state index contributed by atoms with van der Waals surface area (Å²) >= 11 is 0. The lowest BCUT2D eigenvalue weighted by Crippen LogP contribution is -2.11. The fourth-order valence-corrected chi connectivity index (χ4v) is 2.59. The molecular weight excluding hydrogens is 184 g/mol. The van der Waals surface area contributed by atoms with Gasteiger partial charge in [0, 0.05) is 24.3 Å². The van der Waals surface area contributed by atoms with E-state index in [0.29, 0.717) is 12.3 Å². The fraction of sp³-hybridized carbons (Fsp3) is 0.800. The van der Waals surface area contributed by atoms with Crippen LogP contribution in [0.25, 0.3) is 0 Å². The largest absolute Gasteiger partial charge is 0.294 e. The van der Waals surface area contributed by atoms with E-state index in [0.717, 1.165) is 0 Å². The van der Waals surface area contributed by atoms with E-state index < -0.39 is 9.52 Å². The van der Waals surface area contributed by atoms with Gasteiger partial charge >= 0.3 is 0 Å². The Morgan fingerprint density at radius 3 is 2.38 bits per heavy atom. The third kappa shape index (κ3) is 4.46. The average molecular weight is 202 g/mol. The third-order valence-electron chi connectivity index (χ3n) is 2.38. The van der Waals surface area contributed by atoms with Crippen LogP contribution in [0.1, 0.15) is 32.1 Å². The molecule has 0 radical (unpaired) electrons. The van der Waals surface area contributed by atoms with Crippen LogP contribution >= 0.6 is 0 Å². The molecule has 0 aromatic carbocycles. The molecule has 76 valence electrons. The second kappa shape index (κ2) is 4.27. The van der Waals surface area contributed by atoms with Gasteiger partial charge in [-0.3, -0.25) is 9.00 Å². The Morgan fingerprint density at radius 2 is 1.92 bits per heavy atom. The second-order valence-corrected chi connectivity index (χ2v) is 7.10. The summed E-state index contributed by atoms with van der Waals surface area (Å²) in [4.78, 5) is 11.4. The van der Waals surface area contributed by atoms with Crippen molar-refractivity contribution < 1.29 is 9.00 Å². The Balaban J connectivity index is 2.46. The van der Waals surface area contributed by atoms with Crippen molar-refractivity contribution in [3.63, 3.8) is 0 Å². The van der Waals surface area contributed by atoms with Gasteiger partial charge in [0.05, 0.1) is 0 Å². The average Bonchev–Trinajstić information content (AvgIpc) is 2.34. The van der Waals surface area contributed by atoms with E-state index in [1.54, 1.807) is 12.5 Å². The van der Waals surface area contributed by atoms with E-state index in [-0.39, 0.29) is 5.78 Å². The molecule has 1 aliphatic carbocycles. The molecule has 1 saturated carbocycles. The molecule has 0 heterocycles. The molecule has 0 unspecified atom stereocenters. The maximum atomic E-state index is 11.4. The first-order valence-electron chi connectivity index (χ1n) is 4.79. The predicted octanol–water partition coefficient (Wildman–Crippen LogP) is 1.48. The van der Waals surface area contributed by atoms with Crippen LogP contribution in [0.15, 0.2) is 0 Å². The minimum absolute atomic E-state index is 0.0712. The predicted molar refractivity (Wildman–Crippen MR) is 57.6 cm³/mol. The van der Waals surface area contributed by atoms with E-state index in [1.807, 2.05) is 0 Å². The van der Waals surface area contributed by atoms with E-state index in [2.05, 4.69) is 0 Å². The molecule has 13 heavy (non-hydrogen) atoms. The number of carbonyl (C=O) groups is 1. The van der Waals surface area contributed by atoms with Crippen LogP contribution in [0.3, 0.4) is 0 Å². The first-order chi connectivity index (χ1) is 5.97. The Hall–Kier alpha value is -0.310. The van der Waals surface area contributed by atoms with Gasteiger partial charge in [0.15, 0.2) is 5.78 Å². The summed E-state index contributed by atoms with van der Waals surface area (Å²) in [6.07, 6.45) is 8.69. The van der Waals surface area contributed by atoms with Crippen LogP contribution in [0.4, 0.5) is 0 Å². The number of hydrogen-bond donors (Lipinski definition) is 0. The zero-order valence-electron chi connectivity index (χ0n) is 8.41. The lowest BCUT2D eigenvalue weighted by atomic mass is 10.0. The van der Waals surface area contributed by atoms with E-state index in [9.17, 15) is 9.00 Å². The number of rotatable bonds is 3. The Bertz CT molecular complexity index is 284. The number of ketones is 1. The molecule has 1 fully saturated rings. The van der Waals surface area contributed by atoms with Gasteiger partial charge in [0.1, 0.15) is 0 Å². The highest BCUT2D eigenvalue weighted by molar-refractivity contribution is 8.01. The second-order valence-electron chi connectivity index (χ2n) is 4.25. The molecule has 0 spiro atoms. The van der Waals surface area contributed by atoms with E-state index in [4.69, 9.17) is 0 Å². The summed E-state index contributed by atoms with van der Waals surface area (Å²) in [5, 5.41) is 1.41. The molecule has 1 aliphatic rings. The van der Waals surface area contributed by atoms with Crippen LogP contribution in [0.2, 0.25) is 0 Å². The van der Waals surface area contributed by atoms with Crippen molar-refractivity contribution in [3.05, 3.63) is 0 Å². The topological polar surface area (TPSA) is 34.1 Å². The minimum atomic E-state index is -1.99. The summed E-state index contributed by atoms with van der Waals surface area (Å²) in [6.45, 7) is 0. The first-order valence-corrected chi connectivity index (χ1v) is 7.23. The van der Waals surface area contributed by atoms with Crippen LogP contribution in [0.5, 0.6) is 0 Å². The number of Topliss-reactive ketones (excluding diaryl/α,β-unsaturated/α-hetero) is 1. The van der Waals surface area contributed by atoms with Crippen molar-refractivity contribution >= 4 is 20.7 Å². The Labute approximate surface area is 80.7 Å². The molecule has 0 aromatic rings. The van der Waals surface area contributed by atoms with Crippen molar-refractivity contribution in [2.45, 2.75) is 32.1 Å². The molecule has 2 nitrogen and oxygen atoms in total. The molecule has 0 atom stereocenters. The number of hydrogen-bond acceptors (Lipinski definition) is 2. The van der Waals surface area contributed by atoms with Crippen LogP contribution in [-0.2, 0) is 14.3 Å². The van der Waals surface area contributed by atoms with Crippen molar-refractivity contribution in [2.24, 2.45) is 5.92 Å². The number of carbonyl (C=O) groups excluding carboxylic acids is 1. The standard InChI is InChI=1S/C10H18O2S/c1-13(2,12)8-10(11)7-9-5-3-4-6-9/h8-9H,3-7H2,1-2H3. The van der Waals surface area contributed by atoms with E-state index >= 15 is 0 Å². The lowest BCUT2D eigenvalue weighted by molar-refractivity contribution is -0.113. The summed E-state index contributed by atoms with van der Waals surface area (Å²) in [6, 6.07) is 0. The SMILES string of the molecule is CS(C)(=O)=CC(=O)CC1CCCC1. The van der Waals surface area contributed by atoms with Crippen molar-refractivity contribution in [2.75, 3.05) is 12.5 Å². The maximum absolute atomic E-state index is 11.4. The highest BCUT2D eigenvalue weighted by Gasteiger charge is 2.17. The molecule has 1 rings (SSSR count). The highest BCUT2D eigenvalue weighted by Crippen LogP contribution is 2.27. The molecule has 0 saturated heterocycles. The molecule has 0 aromatic heterocycles. The summed E-state index contributed by atoms with van der Waals surface area (Å²) in [5.74, 6) is 0.632. The highest BCUT2D eigenvalue weighted by atomic mass is 32.2. The van der Waals surface area contributed by atoms with Gasteiger partial charge < -0.3 is 0 Å². The molecular formula is C10H18O2S. The smallest absolute Gasteiger partial charge is 0.163 e. The van der Waals surface area contributed by atoms with Gasteiger partial charge in [-0.15, -0.1) is 0 Å². The van der Waals surface area contributed by atoms with Gasteiger partial charge in [0.2, 0.25) is 0 Å². The Kier molecular flexibility index (Phi) is 3.54. The Morgan fingerprint density at radius 1 is 1.38 bits per heavy atom. The summed E-state index contributed by atoms with van der Waals surface area (Å²) < 4.78 is 11.3. The van der Waals surface area contributed by atoms with Crippen LogP contribution in [-0.4, -0.2) is 27.9 Å². The zero-order chi connectivity index (χ0) is 9.90. The van der Waals surface area contributed by atoms with Gasteiger partial charge in [-0.1, -0.05) is 25.7 Å². The van der Waals surface area contributed by atoms with Crippen molar-refractivity contribution in [3.8, 4) is 0 Å². The molecule has 0 aliphatic heterocycles. The monoisotopic (exact) mass is 202 g/mol. The van der Waals surface area contributed by atoms with Gasteiger partial charge in [-0.25, -0.2) is 0 Å². The molecule has 0 bridgehead atoms. The molecule has 0 amide bonds. The minimum Gasteiger partial charge on any atom is -0.294 e. The van der Waals surface area contributed by atoms with Crippen molar-refractivity contribution in [1.29, 1.82) is 0 Å². The first kappa shape index (κ1) is 10.8. The normalized spacial score (nSPS) is 18.9. The van der Waals surface area contributed by atoms with Crippen molar-refractivity contribution in [1.82, 2.24) is 0 Å². The lowest BCUT2D eigenvalue weighted by Gasteiger charge is -2.04. The van der Waals surface area contributed by atoms with Crippen LogP contribution in [0, 0.1) is 5.92 Å². The van der Waals surface area contributed by atoms with E-state index in [1.165, 1.54) is 31.1 Å². The summed E-state index contributed by atoms with van der Waals surface area (Å²) in [5.41, 5.74) is 0. The van der Waals surface area contributed by atoms with Gasteiger partial charge in [-0.2, -0.15) is 0 Å². The van der Waals surface area contributed by atoms with Gasteiger partial charge in [0.25, 0.3) is 0 Å². The van der Waals surface area contributed by atoms with Crippen LogP contribution < -0.4 is 0 Å².